The molecule has 2 rings (SSSR count). The van der Waals surface area contributed by atoms with Gasteiger partial charge >= 0.3 is 0 Å². The fourth-order valence-electron chi connectivity index (χ4n) is 1.73. The summed E-state index contributed by atoms with van der Waals surface area (Å²) >= 11 is 1.67. The van der Waals surface area contributed by atoms with E-state index in [2.05, 4.69) is 5.32 Å². The minimum atomic E-state index is -0.138. The van der Waals surface area contributed by atoms with Crippen molar-refractivity contribution in [2.45, 2.75) is 18.7 Å². The highest BCUT2D eigenvalue weighted by atomic mass is 32.2. The molecule has 0 bridgehead atoms. The number of aryl methyl sites for hydroxylation is 2. The number of rotatable bonds is 3. The minimum absolute atomic E-state index is 0.138. The number of nitrogens with one attached hydrogen (secondary N) is 1. The Balaban J connectivity index is 2.13. The first-order valence-electron chi connectivity index (χ1n) is 5.62. The van der Waals surface area contributed by atoms with Crippen molar-refractivity contribution in [3.63, 3.8) is 0 Å². The van der Waals surface area contributed by atoms with Crippen molar-refractivity contribution >= 4 is 23.4 Å². The van der Waals surface area contributed by atoms with E-state index in [0.717, 1.165) is 11.4 Å². The van der Waals surface area contributed by atoms with E-state index in [9.17, 15) is 4.79 Å². The summed E-state index contributed by atoms with van der Waals surface area (Å²) < 4.78 is 5.35. The average molecular weight is 261 g/mol. The summed E-state index contributed by atoms with van der Waals surface area (Å²) in [7, 11) is 0. The van der Waals surface area contributed by atoms with Crippen molar-refractivity contribution in [2.75, 3.05) is 11.6 Å². The topological polar surface area (TPSA) is 42.2 Å². The van der Waals surface area contributed by atoms with E-state index in [1.807, 2.05) is 37.4 Å². The van der Waals surface area contributed by atoms with Gasteiger partial charge in [0.2, 0.25) is 0 Å². The van der Waals surface area contributed by atoms with Gasteiger partial charge in [-0.1, -0.05) is 0 Å². The molecule has 3 nitrogen and oxygen atoms in total. The Morgan fingerprint density at radius 1 is 1.22 bits per heavy atom. The molecule has 1 aromatic carbocycles. The van der Waals surface area contributed by atoms with E-state index in [0.29, 0.717) is 11.3 Å². The number of hydrogen-bond acceptors (Lipinski definition) is 3. The first-order chi connectivity index (χ1) is 8.60. The van der Waals surface area contributed by atoms with Gasteiger partial charge < -0.3 is 9.73 Å². The molecule has 0 atom stereocenters. The van der Waals surface area contributed by atoms with Gasteiger partial charge in [-0.05, 0) is 50.4 Å². The van der Waals surface area contributed by atoms with Crippen molar-refractivity contribution in [3.05, 3.63) is 47.4 Å². The third-order valence-electron chi connectivity index (χ3n) is 2.63. The predicted octanol–water partition coefficient (Wildman–Crippen LogP) is 3.87. The first-order valence-corrected chi connectivity index (χ1v) is 6.85. The fraction of sp³-hybridized carbons (Fsp3) is 0.214. The van der Waals surface area contributed by atoms with Crippen LogP contribution in [0.15, 0.2) is 39.6 Å². The monoisotopic (exact) mass is 261 g/mol. The highest BCUT2D eigenvalue weighted by Gasteiger charge is 2.13. The minimum Gasteiger partial charge on any atom is -0.466 e. The smallest absolute Gasteiger partial charge is 0.259 e. The van der Waals surface area contributed by atoms with E-state index in [1.54, 1.807) is 24.8 Å². The van der Waals surface area contributed by atoms with Crippen LogP contribution < -0.4 is 5.32 Å². The molecular weight excluding hydrogens is 246 g/mol. The van der Waals surface area contributed by atoms with Crippen LogP contribution in [0.4, 0.5) is 5.69 Å². The molecule has 0 spiro atoms. The van der Waals surface area contributed by atoms with E-state index in [4.69, 9.17) is 4.42 Å². The van der Waals surface area contributed by atoms with Crippen LogP contribution >= 0.6 is 11.8 Å². The van der Waals surface area contributed by atoms with Gasteiger partial charge in [0.15, 0.2) is 0 Å². The molecule has 0 fully saturated rings. The molecule has 18 heavy (non-hydrogen) atoms. The Morgan fingerprint density at radius 2 is 1.89 bits per heavy atom. The molecular formula is C14H15NO2S. The van der Waals surface area contributed by atoms with E-state index < -0.39 is 0 Å². The molecule has 1 heterocycles. The van der Waals surface area contributed by atoms with Crippen molar-refractivity contribution in [2.24, 2.45) is 0 Å². The Labute approximate surface area is 111 Å². The van der Waals surface area contributed by atoms with Gasteiger partial charge in [-0.2, -0.15) is 0 Å². The lowest BCUT2D eigenvalue weighted by Crippen LogP contribution is -2.11. The highest BCUT2D eigenvalue weighted by molar-refractivity contribution is 7.98. The molecule has 0 aliphatic rings. The van der Waals surface area contributed by atoms with E-state index in [1.165, 1.54) is 4.90 Å². The van der Waals surface area contributed by atoms with Gasteiger partial charge in [0.25, 0.3) is 5.91 Å². The lowest BCUT2D eigenvalue weighted by Gasteiger charge is -2.04. The van der Waals surface area contributed by atoms with E-state index in [-0.39, 0.29) is 5.91 Å². The number of amides is 1. The maximum absolute atomic E-state index is 12.0. The van der Waals surface area contributed by atoms with Crippen LogP contribution in [-0.4, -0.2) is 12.2 Å². The first kappa shape index (κ1) is 12.8. The molecule has 0 aliphatic heterocycles. The second kappa shape index (κ2) is 5.31. The van der Waals surface area contributed by atoms with Gasteiger partial charge in [-0.3, -0.25) is 4.79 Å². The molecule has 94 valence electrons. The molecule has 4 heteroatoms. The summed E-state index contributed by atoms with van der Waals surface area (Å²) in [4.78, 5) is 13.2. The van der Waals surface area contributed by atoms with Crippen LogP contribution in [0.1, 0.15) is 21.9 Å². The highest BCUT2D eigenvalue weighted by Crippen LogP contribution is 2.19. The molecule has 2 aromatic rings. The zero-order valence-electron chi connectivity index (χ0n) is 10.6. The number of hydrogen-bond donors (Lipinski definition) is 1. The van der Waals surface area contributed by atoms with Crippen molar-refractivity contribution in [1.82, 2.24) is 0 Å². The number of carbonyl (C=O) groups is 1. The number of carbonyl (C=O) groups excluding carboxylic acids is 1. The predicted molar refractivity (Wildman–Crippen MR) is 74.4 cm³/mol. The van der Waals surface area contributed by atoms with E-state index >= 15 is 0 Å². The summed E-state index contributed by atoms with van der Waals surface area (Å²) in [6.45, 7) is 3.62. The van der Waals surface area contributed by atoms with Gasteiger partial charge in [0.05, 0.1) is 5.56 Å². The zero-order chi connectivity index (χ0) is 13.1. The summed E-state index contributed by atoms with van der Waals surface area (Å²) in [5.74, 6) is 1.25. The van der Waals surface area contributed by atoms with Crippen LogP contribution in [0.25, 0.3) is 0 Å². The third kappa shape index (κ3) is 2.76. The Bertz CT molecular complexity index is 558. The molecule has 1 amide bonds. The molecule has 1 aromatic heterocycles. The summed E-state index contributed by atoms with van der Waals surface area (Å²) in [5.41, 5.74) is 1.37. The molecule has 0 saturated carbocycles. The normalized spacial score (nSPS) is 10.4. The summed E-state index contributed by atoms with van der Waals surface area (Å²) in [6, 6.07) is 9.50. The Hall–Kier alpha value is -1.68. The maximum atomic E-state index is 12.0. The lowest BCUT2D eigenvalue weighted by molar-refractivity contribution is 0.102. The number of thioether (sulfide) groups is 1. The van der Waals surface area contributed by atoms with Crippen LogP contribution in [-0.2, 0) is 0 Å². The zero-order valence-corrected chi connectivity index (χ0v) is 11.4. The van der Waals surface area contributed by atoms with Crippen molar-refractivity contribution in [3.8, 4) is 0 Å². The second-order valence-electron chi connectivity index (χ2n) is 4.01. The van der Waals surface area contributed by atoms with Crippen LogP contribution in [0.3, 0.4) is 0 Å². The molecule has 0 unspecified atom stereocenters. The van der Waals surface area contributed by atoms with Gasteiger partial charge in [0.1, 0.15) is 11.5 Å². The van der Waals surface area contributed by atoms with Gasteiger partial charge in [0, 0.05) is 10.6 Å². The standard InChI is InChI=1S/C14H15NO2S/c1-9-8-13(10(2)17-9)14(16)15-11-4-6-12(18-3)7-5-11/h4-8H,1-3H3,(H,15,16). The number of anilines is 1. The van der Waals surface area contributed by atoms with Gasteiger partial charge in [-0.15, -0.1) is 11.8 Å². The largest absolute Gasteiger partial charge is 0.466 e. The number of furan rings is 1. The Morgan fingerprint density at radius 3 is 2.39 bits per heavy atom. The maximum Gasteiger partial charge on any atom is 0.259 e. The fourth-order valence-corrected chi connectivity index (χ4v) is 2.14. The summed E-state index contributed by atoms with van der Waals surface area (Å²) in [5, 5.41) is 2.86. The van der Waals surface area contributed by atoms with Gasteiger partial charge in [-0.25, -0.2) is 0 Å². The molecule has 0 aliphatic carbocycles. The molecule has 0 radical (unpaired) electrons. The van der Waals surface area contributed by atoms with Crippen LogP contribution in [0.5, 0.6) is 0 Å². The van der Waals surface area contributed by atoms with Crippen molar-refractivity contribution < 1.29 is 9.21 Å². The van der Waals surface area contributed by atoms with Crippen LogP contribution in [0.2, 0.25) is 0 Å². The SMILES string of the molecule is CSc1ccc(NC(=O)c2cc(C)oc2C)cc1. The average Bonchev–Trinajstić information content (AvgIpc) is 2.69. The molecule has 0 saturated heterocycles. The second-order valence-corrected chi connectivity index (χ2v) is 4.89. The molecule has 1 N–H and O–H groups in total. The summed E-state index contributed by atoms with van der Waals surface area (Å²) in [6.07, 6.45) is 2.02. The van der Waals surface area contributed by atoms with Crippen LogP contribution in [0, 0.1) is 13.8 Å². The third-order valence-corrected chi connectivity index (χ3v) is 3.38. The quantitative estimate of drug-likeness (QED) is 0.853. The van der Waals surface area contributed by atoms with Crippen molar-refractivity contribution in [1.29, 1.82) is 0 Å². The Kier molecular flexibility index (Phi) is 3.77. The number of benzene rings is 1. The lowest BCUT2D eigenvalue weighted by atomic mass is 10.2.